The molecule has 1 aliphatic carbocycles. The number of hydrogen-bond donors (Lipinski definition) is 1. The predicted octanol–water partition coefficient (Wildman–Crippen LogP) is 2.57. The van der Waals surface area contributed by atoms with Gasteiger partial charge in [0.2, 0.25) is 11.8 Å². The van der Waals surface area contributed by atoms with Crippen molar-refractivity contribution in [2.24, 2.45) is 11.3 Å². The van der Waals surface area contributed by atoms with Gasteiger partial charge >= 0.3 is 0 Å². The van der Waals surface area contributed by atoms with Gasteiger partial charge in [-0.25, -0.2) is 0 Å². The van der Waals surface area contributed by atoms with E-state index in [9.17, 15) is 9.59 Å². The molecule has 27 heavy (non-hydrogen) atoms. The van der Waals surface area contributed by atoms with E-state index in [2.05, 4.69) is 22.4 Å². The molecule has 5 nitrogen and oxygen atoms in total. The summed E-state index contributed by atoms with van der Waals surface area (Å²) in [6, 6.07) is 13.9. The lowest BCUT2D eigenvalue weighted by Gasteiger charge is -2.17. The first-order chi connectivity index (χ1) is 13.2. The van der Waals surface area contributed by atoms with Crippen LogP contribution in [0.3, 0.4) is 0 Å². The van der Waals surface area contributed by atoms with Gasteiger partial charge in [0.05, 0.1) is 0 Å². The largest absolute Gasteiger partial charge is 0.352 e. The molecular formula is C22H25N3O2. The molecule has 1 N–H and O–H groups in total. The van der Waals surface area contributed by atoms with E-state index in [0.29, 0.717) is 13.0 Å². The Labute approximate surface area is 159 Å². The first-order valence-corrected chi connectivity index (χ1v) is 9.65. The van der Waals surface area contributed by atoms with Crippen molar-refractivity contribution in [1.29, 1.82) is 0 Å². The minimum Gasteiger partial charge on any atom is -0.352 e. The Balaban J connectivity index is 1.24. The molecule has 2 fully saturated rings. The molecule has 2 aromatic rings. The molecular weight excluding hydrogens is 338 g/mol. The highest BCUT2D eigenvalue weighted by molar-refractivity contribution is 5.83. The van der Waals surface area contributed by atoms with Gasteiger partial charge in [-0.05, 0) is 36.5 Å². The molecule has 4 rings (SSSR count). The average molecular weight is 363 g/mol. The third kappa shape index (κ3) is 4.02. The SMILES string of the molecule is O=C(NCc1cccnc1)[C@@H]1C[C@@]12CCN(C(=O)CCc1ccccc1)C2. The fourth-order valence-corrected chi connectivity index (χ4v) is 4.15. The zero-order chi connectivity index (χ0) is 18.7. The Morgan fingerprint density at radius 3 is 2.74 bits per heavy atom. The molecule has 0 bridgehead atoms. The van der Waals surface area contributed by atoms with E-state index in [4.69, 9.17) is 0 Å². The van der Waals surface area contributed by atoms with Gasteiger partial charge in [-0.2, -0.15) is 0 Å². The second-order valence-corrected chi connectivity index (χ2v) is 7.75. The van der Waals surface area contributed by atoms with Crippen molar-refractivity contribution in [1.82, 2.24) is 15.2 Å². The minimum absolute atomic E-state index is 0.0153. The van der Waals surface area contributed by atoms with Crippen molar-refractivity contribution in [3.05, 3.63) is 66.0 Å². The highest BCUT2D eigenvalue weighted by Crippen LogP contribution is 2.58. The smallest absolute Gasteiger partial charge is 0.224 e. The van der Waals surface area contributed by atoms with Gasteiger partial charge in [-0.15, -0.1) is 0 Å². The van der Waals surface area contributed by atoms with E-state index in [1.807, 2.05) is 35.2 Å². The number of nitrogens with one attached hydrogen (secondary N) is 1. The van der Waals surface area contributed by atoms with Gasteiger partial charge in [0.1, 0.15) is 0 Å². The number of carbonyl (C=O) groups excluding carboxylic acids is 2. The molecule has 1 spiro atoms. The van der Waals surface area contributed by atoms with Crippen LogP contribution in [0.5, 0.6) is 0 Å². The summed E-state index contributed by atoms with van der Waals surface area (Å²) in [5.41, 5.74) is 2.21. The van der Waals surface area contributed by atoms with Crippen LogP contribution in [0.2, 0.25) is 0 Å². The van der Waals surface area contributed by atoms with Crippen LogP contribution in [0.1, 0.15) is 30.4 Å². The quantitative estimate of drug-likeness (QED) is 0.858. The van der Waals surface area contributed by atoms with Gasteiger partial charge in [-0.3, -0.25) is 14.6 Å². The van der Waals surface area contributed by atoms with Crippen molar-refractivity contribution < 1.29 is 9.59 Å². The fourth-order valence-electron chi connectivity index (χ4n) is 4.15. The van der Waals surface area contributed by atoms with Crippen LogP contribution < -0.4 is 5.32 Å². The molecule has 1 aromatic heterocycles. The maximum Gasteiger partial charge on any atom is 0.224 e. The summed E-state index contributed by atoms with van der Waals surface area (Å²) in [7, 11) is 0. The van der Waals surface area contributed by atoms with E-state index in [1.165, 1.54) is 5.56 Å². The van der Waals surface area contributed by atoms with Crippen LogP contribution in [-0.4, -0.2) is 34.8 Å². The first kappa shape index (κ1) is 17.7. The Kier molecular flexibility index (Phi) is 4.92. The second kappa shape index (κ2) is 7.51. The molecule has 0 unspecified atom stereocenters. The summed E-state index contributed by atoms with van der Waals surface area (Å²) in [5, 5.41) is 3.02. The molecule has 2 amide bonds. The number of carbonyl (C=O) groups is 2. The summed E-state index contributed by atoms with van der Waals surface area (Å²) in [6.07, 6.45) is 6.65. The third-order valence-electron chi connectivity index (χ3n) is 5.90. The van der Waals surface area contributed by atoms with Crippen molar-refractivity contribution in [3.8, 4) is 0 Å². The van der Waals surface area contributed by atoms with Crippen LogP contribution in [-0.2, 0) is 22.6 Å². The van der Waals surface area contributed by atoms with Gasteiger partial charge in [0.25, 0.3) is 0 Å². The minimum atomic E-state index is 0.0153. The van der Waals surface area contributed by atoms with E-state index >= 15 is 0 Å². The van der Waals surface area contributed by atoms with Crippen LogP contribution in [0.25, 0.3) is 0 Å². The van der Waals surface area contributed by atoms with Crippen LogP contribution in [0.4, 0.5) is 0 Å². The van der Waals surface area contributed by atoms with E-state index in [1.54, 1.807) is 12.4 Å². The highest BCUT2D eigenvalue weighted by atomic mass is 16.2. The molecule has 140 valence electrons. The number of benzene rings is 1. The maximum atomic E-state index is 12.5. The molecule has 5 heteroatoms. The fraction of sp³-hybridized carbons (Fsp3) is 0.409. The lowest BCUT2D eigenvalue weighted by molar-refractivity contribution is -0.130. The summed E-state index contributed by atoms with van der Waals surface area (Å²) in [6.45, 7) is 2.02. The van der Waals surface area contributed by atoms with Crippen molar-refractivity contribution >= 4 is 11.8 Å². The Bertz CT molecular complexity index is 753. The van der Waals surface area contributed by atoms with E-state index in [0.717, 1.165) is 37.9 Å². The lowest BCUT2D eigenvalue weighted by Crippen LogP contribution is -2.31. The average Bonchev–Trinajstić information content (AvgIpc) is 3.25. The van der Waals surface area contributed by atoms with Crippen molar-refractivity contribution in [2.75, 3.05) is 13.1 Å². The van der Waals surface area contributed by atoms with Crippen LogP contribution in [0.15, 0.2) is 54.9 Å². The molecule has 2 heterocycles. The standard InChI is InChI=1S/C22H25N3O2/c26-20(9-8-17-5-2-1-3-6-17)25-12-10-22(16-25)13-19(22)21(27)24-15-18-7-4-11-23-14-18/h1-7,11,14,19H,8-10,12-13,15-16H2,(H,24,27)/t19-,22+/m0/s1. The molecule has 1 aliphatic heterocycles. The number of nitrogens with zero attached hydrogens (tertiary/aromatic N) is 2. The summed E-state index contributed by atoms with van der Waals surface area (Å²) < 4.78 is 0. The van der Waals surface area contributed by atoms with Crippen LogP contribution in [0, 0.1) is 11.3 Å². The van der Waals surface area contributed by atoms with Gasteiger partial charge in [0.15, 0.2) is 0 Å². The number of aryl methyl sites for hydroxylation is 1. The predicted molar refractivity (Wildman–Crippen MR) is 103 cm³/mol. The molecule has 1 saturated carbocycles. The Morgan fingerprint density at radius 1 is 1.15 bits per heavy atom. The van der Waals surface area contributed by atoms with Crippen molar-refractivity contribution in [2.45, 2.75) is 32.2 Å². The van der Waals surface area contributed by atoms with Gasteiger partial charge in [-0.1, -0.05) is 36.4 Å². The number of aromatic nitrogens is 1. The molecule has 0 radical (unpaired) electrons. The zero-order valence-corrected chi connectivity index (χ0v) is 15.4. The first-order valence-electron chi connectivity index (χ1n) is 9.65. The van der Waals surface area contributed by atoms with Crippen molar-refractivity contribution in [3.63, 3.8) is 0 Å². The van der Waals surface area contributed by atoms with E-state index in [-0.39, 0.29) is 23.1 Å². The number of rotatable bonds is 6. The van der Waals surface area contributed by atoms with Crippen LogP contribution >= 0.6 is 0 Å². The zero-order valence-electron chi connectivity index (χ0n) is 15.4. The lowest BCUT2D eigenvalue weighted by atomic mass is 10.0. The number of hydrogen-bond acceptors (Lipinski definition) is 3. The van der Waals surface area contributed by atoms with E-state index < -0.39 is 0 Å². The number of pyridine rings is 1. The monoisotopic (exact) mass is 363 g/mol. The number of likely N-dealkylation sites (tertiary alicyclic amines) is 1. The van der Waals surface area contributed by atoms with Gasteiger partial charge in [0, 0.05) is 49.8 Å². The maximum absolute atomic E-state index is 12.5. The Hall–Kier alpha value is -2.69. The molecule has 1 saturated heterocycles. The van der Waals surface area contributed by atoms with Gasteiger partial charge < -0.3 is 10.2 Å². The topological polar surface area (TPSA) is 62.3 Å². The summed E-state index contributed by atoms with van der Waals surface area (Å²) >= 11 is 0. The Morgan fingerprint density at radius 2 is 1.96 bits per heavy atom. The number of amides is 2. The highest BCUT2D eigenvalue weighted by Gasteiger charge is 2.61. The summed E-state index contributed by atoms with van der Waals surface area (Å²) in [4.78, 5) is 31.1. The normalized spacial score (nSPS) is 23.4. The third-order valence-corrected chi connectivity index (χ3v) is 5.90. The molecule has 2 atom stereocenters. The second-order valence-electron chi connectivity index (χ2n) is 7.75. The summed E-state index contributed by atoms with van der Waals surface area (Å²) in [5.74, 6) is 0.357. The molecule has 2 aliphatic rings. The molecule has 1 aromatic carbocycles.